The van der Waals surface area contributed by atoms with Gasteiger partial charge in [0.25, 0.3) is 11.8 Å². The Hall–Kier alpha value is -3.32. The number of amides is 4. The molecule has 0 spiro atoms. The second-order valence-electron chi connectivity index (χ2n) is 5.37. The first-order valence-corrected chi connectivity index (χ1v) is 7.82. The quantitative estimate of drug-likeness (QED) is 0.638. The fraction of sp³-hybridized carbons (Fsp3) is 0.0556. The van der Waals surface area contributed by atoms with Crippen molar-refractivity contribution in [2.75, 3.05) is 12.0 Å². The number of nitrogens with one attached hydrogen (secondary N) is 1. The molecule has 8 heteroatoms. The summed E-state index contributed by atoms with van der Waals surface area (Å²) in [7, 11) is 1.40. The minimum atomic E-state index is -0.850. The summed E-state index contributed by atoms with van der Waals surface area (Å²) in [6.45, 7) is 0. The number of urea groups is 1. The van der Waals surface area contributed by atoms with Crippen LogP contribution in [-0.2, 0) is 9.59 Å². The second-order valence-corrected chi connectivity index (χ2v) is 5.80. The topological polar surface area (TPSA) is 95.9 Å². The first-order chi connectivity index (χ1) is 12.4. The third kappa shape index (κ3) is 3.25. The van der Waals surface area contributed by atoms with Gasteiger partial charge in [-0.3, -0.25) is 14.9 Å². The summed E-state index contributed by atoms with van der Waals surface area (Å²) in [5.74, 6) is -1.49. The van der Waals surface area contributed by atoms with Crippen LogP contribution in [0.2, 0.25) is 5.02 Å². The van der Waals surface area contributed by atoms with E-state index in [9.17, 15) is 19.5 Å². The smallest absolute Gasteiger partial charge is 0.335 e. The highest BCUT2D eigenvalue weighted by atomic mass is 35.5. The van der Waals surface area contributed by atoms with Crippen molar-refractivity contribution in [3.05, 3.63) is 58.6 Å². The molecular weight excluding hydrogens is 360 g/mol. The zero-order valence-corrected chi connectivity index (χ0v) is 14.3. The molecule has 26 heavy (non-hydrogen) atoms. The molecule has 0 unspecified atom stereocenters. The van der Waals surface area contributed by atoms with Crippen molar-refractivity contribution in [1.29, 1.82) is 0 Å². The molecule has 3 rings (SSSR count). The van der Waals surface area contributed by atoms with E-state index < -0.39 is 17.8 Å². The number of ether oxygens (including phenoxy) is 1. The molecular formula is C18H13ClN2O5. The van der Waals surface area contributed by atoms with Crippen molar-refractivity contribution in [3.63, 3.8) is 0 Å². The van der Waals surface area contributed by atoms with E-state index >= 15 is 0 Å². The van der Waals surface area contributed by atoms with Crippen LogP contribution in [0.4, 0.5) is 10.5 Å². The number of hydrogen-bond donors (Lipinski definition) is 2. The van der Waals surface area contributed by atoms with Crippen LogP contribution < -0.4 is 15.0 Å². The number of benzene rings is 2. The van der Waals surface area contributed by atoms with E-state index in [0.29, 0.717) is 10.6 Å². The van der Waals surface area contributed by atoms with Gasteiger partial charge >= 0.3 is 6.03 Å². The van der Waals surface area contributed by atoms with Crippen molar-refractivity contribution < 1.29 is 24.2 Å². The Bertz CT molecular complexity index is 937. The number of hydrogen-bond acceptors (Lipinski definition) is 5. The summed E-state index contributed by atoms with van der Waals surface area (Å²) in [6.07, 6.45) is 1.28. The molecule has 0 radical (unpaired) electrons. The third-order valence-electron chi connectivity index (χ3n) is 3.70. The number of halogens is 1. The molecule has 1 fully saturated rings. The van der Waals surface area contributed by atoms with Crippen LogP contribution in [-0.4, -0.2) is 30.1 Å². The van der Waals surface area contributed by atoms with Gasteiger partial charge < -0.3 is 9.84 Å². The van der Waals surface area contributed by atoms with Crippen LogP contribution in [0, 0.1) is 0 Å². The number of carbonyl (C=O) groups is 3. The molecule has 7 nitrogen and oxygen atoms in total. The third-order valence-corrected chi connectivity index (χ3v) is 3.95. The summed E-state index contributed by atoms with van der Waals surface area (Å²) < 4.78 is 4.95. The Morgan fingerprint density at radius 1 is 1.12 bits per heavy atom. The van der Waals surface area contributed by atoms with E-state index in [1.54, 1.807) is 6.07 Å². The lowest BCUT2D eigenvalue weighted by Crippen LogP contribution is -2.54. The van der Waals surface area contributed by atoms with Crippen LogP contribution >= 0.6 is 11.6 Å². The summed E-state index contributed by atoms with van der Waals surface area (Å²) in [5.41, 5.74) is 0.421. The molecule has 1 aliphatic rings. The highest BCUT2D eigenvalue weighted by molar-refractivity contribution is 6.39. The predicted octanol–water partition coefficient (Wildman–Crippen LogP) is 2.72. The van der Waals surface area contributed by atoms with Crippen LogP contribution in [0.3, 0.4) is 0 Å². The maximum absolute atomic E-state index is 12.7. The number of methoxy groups -OCH3 is 1. The lowest BCUT2D eigenvalue weighted by Gasteiger charge is -2.26. The van der Waals surface area contributed by atoms with Gasteiger partial charge in [-0.1, -0.05) is 17.7 Å². The summed E-state index contributed by atoms with van der Waals surface area (Å²) in [4.78, 5) is 37.7. The Morgan fingerprint density at radius 3 is 2.42 bits per heavy atom. The van der Waals surface area contributed by atoms with Gasteiger partial charge in [-0.05, 0) is 48.0 Å². The normalized spacial score (nSPS) is 16.0. The molecule has 0 atom stereocenters. The zero-order valence-electron chi connectivity index (χ0n) is 13.5. The van der Waals surface area contributed by atoms with Crippen molar-refractivity contribution in [1.82, 2.24) is 5.32 Å². The van der Waals surface area contributed by atoms with E-state index in [-0.39, 0.29) is 22.8 Å². The van der Waals surface area contributed by atoms with E-state index in [4.69, 9.17) is 16.3 Å². The molecule has 1 aliphatic heterocycles. The van der Waals surface area contributed by atoms with Gasteiger partial charge in [0.1, 0.15) is 5.57 Å². The first-order valence-electron chi connectivity index (χ1n) is 7.44. The zero-order chi connectivity index (χ0) is 18.8. The van der Waals surface area contributed by atoms with Crippen LogP contribution in [0.5, 0.6) is 11.5 Å². The van der Waals surface area contributed by atoms with E-state index in [1.807, 2.05) is 0 Å². The van der Waals surface area contributed by atoms with E-state index in [0.717, 1.165) is 4.90 Å². The standard InChI is InChI=1S/C18H13ClN2O5/c1-26-15-7-2-10(9-14(15)22)8-13-16(23)20-18(25)21(17(13)24)12-5-3-11(19)4-6-12/h2-9,22H,1H3,(H,20,23,25). The molecule has 4 amide bonds. The number of phenolic OH excluding ortho intramolecular Hbond substituents is 1. The van der Waals surface area contributed by atoms with Gasteiger partial charge in [-0.15, -0.1) is 0 Å². The van der Waals surface area contributed by atoms with Gasteiger partial charge in [-0.25, -0.2) is 9.69 Å². The Kier molecular flexibility index (Phi) is 4.64. The van der Waals surface area contributed by atoms with Gasteiger partial charge in [-0.2, -0.15) is 0 Å². The number of rotatable bonds is 3. The number of anilines is 1. The van der Waals surface area contributed by atoms with Crippen LogP contribution in [0.1, 0.15) is 5.56 Å². The summed E-state index contributed by atoms with van der Waals surface area (Å²) in [5, 5.41) is 12.4. The summed E-state index contributed by atoms with van der Waals surface area (Å²) in [6, 6.07) is 9.59. The van der Waals surface area contributed by atoms with E-state index in [1.165, 1.54) is 49.6 Å². The molecule has 0 saturated carbocycles. The van der Waals surface area contributed by atoms with Gasteiger partial charge in [0.05, 0.1) is 12.8 Å². The first kappa shape index (κ1) is 17.5. The maximum atomic E-state index is 12.7. The molecule has 2 N–H and O–H groups in total. The molecule has 0 bridgehead atoms. The summed E-state index contributed by atoms with van der Waals surface area (Å²) >= 11 is 5.82. The van der Waals surface area contributed by atoms with E-state index in [2.05, 4.69) is 5.32 Å². The van der Waals surface area contributed by atoms with Gasteiger partial charge in [0.15, 0.2) is 11.5 Å². The van der Waals surface area contributed by atoms with Crippen LogP contribution in [0.25, 0.3) is 6.08 Å². The number of nitrogens with zero attached hydrogens (tertiary/aromatic N) is 1. The lowest BCUT2D eigenvalue weighted by molar-refractivity contribution is -0.122. The van der Waals surface area contributed by atoms with Crippen molar-refractivity contribution in [2.24, 2.45) is 0 Å². The fourth-order valence-corrected chi connectivity index (χ4v) is 2.57. The maximum Gasteiger partial charge on any atom is 0.335 e. The monoisotopic (exact) mass is 372 g/mol. The molecule has 132 valence electrons. The Morgan fingerprint density at radius 2 is 1.81 bits per heavy atom. The Balaban J connectivity index is 1.99. The van der Waals surface area contributed by atoms with Gasteiger partial charge in [0.2, 0.25) is 0 Å². The molecule has 2 aromatic rings. The molecule has 0 aromatic heterocycles. The molecule has 2 aromatic carbocycles. The second kappa shape index (κ2) is 6.89. The number of barbiturate groups is 1. The number of imide groups is 2. The average molecular weight is 373 g/mol. The highest BCUT2D eigenvalue weighted by Gasteiger charge is 2.36. The molecule has 1 heterocycles. The van der Waals surface area contributed by atoms with Crippen molar-refractivity contribution in [2.45, 2.75) is 0 Å². The number of phenols is 1. The lowest BCUT2D eigenvalue weighted by atomic mass is 10.1. The van der Waals surface area contributed by atoms with Crippen LogP contribution in [0.15, 0.2) is 48.0 Å². The molecule has 1 saturated heterocycles. The van der Waals surface area contributed by atoms with Crippen molar-refractivity contribution in [3.8, 4) is 11.5 Å². The minimum Gasteiger partial charge on any atom is -0.504 e. The molecule has 0 aliphatic carbocycles. The number of carbonyl (C=O) groups excluding carboxylic acids is 3. The highest BCUT2D eigenvalue weighted by Crippen LogP contribution is 2.28. The number of aromatic hydroxyl groups is 1. The fourth-order valence-electron chi connectivity index (χ4n) is 2.45. The SMILES string of the molecule is COc1ccc(C=C2C(=O)NC(=O)N(c3ccc(Cl)cc3)C2=O)cc1O. The largest absolute Gasteiger partial charge is 0.504 e. The minimum absolute atomic E-state index is 0.142. The Labute approximate surface area is 153 Å². The van der Waals surface area contributed by atoms with Crippen molar-refractivity contribution >= 4 is 41.2 Å². The average Bonchev–Trinajstić information content (AvgIpc) is 2.60. The van der Waals surface area contributed by atoms with Gasteiger partial charge in [0, 0.05) is 5.02 Å². The predicted molar refractivity (Wildman–Crippen MR) is 95.1 cm³/mol.